The van der Waals surface area contributed by atoms with Gasteiger partial charge in [0.15, 0.2) is 5.78 Å². The second-order valence-corrected chi connectivity index (χ2v) is 11.0. The van der Waals surface area contributed by atoms with Gasteiger partial charge < -0.3 is 20.1 Å². The van der Waals surface area contributed by atoms with E-state index >= 15 is 0 Å². The van der Waals surface area contributed by atoms with Gasteiger partial charge in [0, 0.05) is 6.42 Å². The van der Waals surface area contributed by atoms with Gasteiger partial charge in [-0.05, 0) is 44.2 Å². The first-order valence-electron chi connectivity index (χ1n) is 14.5. The number of hydrogen-bond acceptors (Lipinski definition) is 6. The van der Waals surface area contributed by atoms with Crippen LogP contribution >= 0.6 is 0 Å². The molecular weight excluding hydrogens is 532 g/mol. The monoisotopic (exact) mass is 580 g/mol. The van der Waals surface area contributed by atoms with Crippen molar-refractivity contribution < 1.29 is 28.7 Å². The number of nitrogens with one attached hydrogen (secondary N) is 2. The van der Waals surface area contributed by atoms with Gasteiger partial charge in [0.2, 0.25) is 11.8 Å². The maximum absolute atomic E-state index is 12.9. The highest BCUT2D eigenvalue weighted by atomic mass is 16.5. The predicted molar refractivity (Wildman–Crippen MR) is 165 cm³/mol. The molecule has 2 rings (SSSR count). The van der Waals surface area contributed by atoms with Gasteiger partial charge in [-0.15, -0.1) is 6.58 Å². The molecule has 0 aromatic heterocycles. The molecule has 2 aromatic carbocycles. The molecule has 2 aromatic rings. The van der Waals surface area contributed by atoms with Crippen molar-refractivity contribution in [2.75, 3.05) is 13.2 Å². The van der Waals surface area contributed by atoms with E-state index in [0.29, 0.717) is 12.3 Å². The van der Waals surface area contributed by atoms with Crippen LogP contribution in [-0.4, -0.2) is 42.8 Å². The smallest absolute Gasteiger partial charge is 0.316 e. The summed E-state index contributed by atoms with van der Waals surface area (Å²) in [7, 11) is 0. The van der Waals surface area contributed by atoms with Gasteiger partial charge in [-0.25, -0.2) is 0 Å². The molecule has 8 nitrogen and oxygen atoms in total. The number of carbonyl (C=O) groups excluding carboxylic acids is 4. The fourth-order valence-corrected chi connectivity index (χ4v) is 3.59. The van der Waals surface area contributed by atoms with Crippen molar-refractivity contribution in [3.05, 3.63) is 83.9 Å². The number of amides is 2. The summed E-state index contributed by atoms with van der Waals surface area (Å²) in [5.74, 6) is -2.42. The second-order valence-electron chi connectivity index (χ2n) is 11.0. The number of unbranched alkanes of at least 4 members (excludes halogenated alkanes) is 1. The van der Waals surface area contributed by atoms with Gasteiger partial charge in [0.25, 0.3) is 0 Å². The van der Waals surface area contributed by atoms with Crippen LogP contribution in [0.5, 0.6) is 0 Å². The maximum atomic E-state index is 12.9. The van der Waals surface area contributed by atoms with Crippen LogP contribution in [-0.2, 0) is 41.9 Å². The quantitative estimate of drug-likeness (QED) is 0.110. The molecule has 42 heavy (non-hydrogen) atoms. The fourth-order valence-electron chi connectivity index (χ4n) is 3.59. The van der Waals surface area contributed by atoms with Gasteiger partial charge in [0.05, 0.1) is 19.8 Å². The minimum absolute atomic E-state index is 0.0542. The summed E-state index contributed by atoms with van der Waals surface area (Å²) in [4.78, 5) is 50.2. The molecule has 0 aliphatic heterocycles. The lowest BCUT2D eigenvalue weighted by atomic mass is 10.1. The molecular formula is C34H48N2O6. The van der Waals surface area contributed by atoms with Crippen molar-refractivity contribution >= 4 is 23.6 Å². The van der Waals surface area contributed by atoms with Crippen molar-refractivity contribution in [3.63, 3.8) is 0 Å². The zero-order valence-corrected chi connectivity index (χ0v) is 25.8. The van der Waals surface area contributed by atoms with Crippen LogP contribution in [0.1, 0.15) is 71.4 Å². The van der Waals surface area contributed by atoms with E-state index in [0.717, 1.165) is 30.4 Å². The zero-order chi connectivity index (χ0) is 31.3. The molecule has 230 valence electrons. The third-order valence-electron chi connectivity index (χ3n) is 5.98. The fraction of sp³-hybridized carbons (Fsp3) is 0.471. The van der Waals surface area contributed by atoms with Crippen molar-refractivity contribution in [1.82, 2.24) is 10.6 Å². The topological polar surface area (TPSA) is 111 Å². The molecule has 2 amide bonds. The second kappa shape index (κ2) is 21.0. The van der Waals surface area contributed by atoms with E-state index in [1.54, 1.807) is 0 Å². The Labute approximate surface area is 251 Å². The largest absolute Gasteiger partial charge is 0.460 e. The van der Waals surface area contributed by atoms with Gasteiger partial charge in [-0.1, -0.05) is 92.9 Å². The highest BCUT2D eigenvalue weighted by molar-refractivity contribution is 6.01. The van der Waals surface area contributed by atoms with Crippen LogP contribution in [0.3, 0.4) is 0 Å². The van der Waals surface area contributed by atoms with Gasteiger partial charge in [0.1, 0.15) is 18.6 Å². The predicted octanol–water partition coefficient (Wildman–Crippen LogP) is 5.55. The number of benzene rings is 2. The normalized spacial score (nSPS) is 11.9. The van der Waals surface area contributed by atoms with E-state index in [4.69, 9.17) is 9.47 Å². The van der Waals surface area contributed by atoms with Gasteiger partial charge >= 0.3 is 5.97 Å². The van der Waals surface area contributed by atoms with Crippen LogP contribution in [0, 0.1) is 11.8 Å². The molecule has 0 heterocycles. The summed E-state index contributed by atoms with van der Waals surface area (Å²) in [6.45, 7) is 13.1. The maximum Gasteiger partial charge on any atom is 0.316 e. The molecule has 0 fully saturated rings. The number of Topliss-reactive ketones (excluding diaryl/α,β-unsaturated/α-hetero) is 1. The van der Waals surface area contributed by atoms with Crippen LogP contribution in [0.2, 0.25) is 0 Å². The average molecular weight is 581 g/mol. The number of carbonyl (C=O) groups is 4. The Morgan fingerprint density at radius 3 is 1.93 bits per heavy atom. The minimum Gasteiger partial charge on any atom is -0.460 e. The lowest BCUT2D eigenvalue weighted by Gasteiger charge is -2.19. The van der Waals surface area contributed by atoms with Crippen molar-refractivity contribution in [2.45, 2.75) is 79.6 Å². The lowest BCUT2D eigenvalue weighted by molar-refractivity contribution is -0.152. The number of ether oxygens (including phenoxy) is 2. The van der Waals surface area contributed by atoms with Crippen molar-refractivity contribution in [3.8, 4) is 0 Å². The third-order valence-corrected chi connectivity index (χ3v) is 5.98. The van der Waals surface area contributed by atoms with Crippen molar-refractivity contribution in [2.24, 2.45) is 11.8 Å². The molecule has 8 heteroatoms. The molecule has 2 atom stereocenters. The summed E-state index contributed by atoms with van der Waals surface area (Å²) in [6.07, 6.45) is 2.99. The Balaban J connectivity index is 0.00000206. The Morgan fingerprint density at radius 1 is 0.833 bits per heavy atom. The van der Waals surface area contributed by atoms with Crippen LogP contribution < -0.4 is 10.6 Å². The highest BCUT2D eigenvalue weighted by Gasteiger charge is 2.26. The molecule has 0 aliphatic carbocycles. The number of hydrogen-bond donors (Lipinski definition) is 2. The SMILES string of the molecule is C=C(C)C.CC(C)CCCCC(=O)NC(COCc1ccccc1)C(=O)NCC(=O)C(C)C(=O)OCc1ccccc1. The summed E-state index contributed by atoms with van der Waals surface area (Å²) < 4.78 is 10.9. The van der Waals surface area contributed by atoms with E-state index in [1.807, 2.05) is 74.5 Å². The summed E-state index contributed by atoms with van der Waals surface area (Å²) in [5, 5.41) is 5.26. The Hall–Kier alpha value is -3.78. The number of rotatable bonds is 17. The minimum atomic E-state index is -1.04. The molecule has 0 aliphatic rings. The van der Waals surface area contributed by atoms with E-state index in [-0.39, 0.29) is 32.3 Å². The lowest BCUT2D eigenvalue weighted by Crippen LogP contribution is -2.50. The summed E-state index contributed by atoms with van der Waals surface area (Å²) in [6, 6.07) is 17.7. The van der Waals surface area contributed by atoms with E-state index in [9.17, 15) is 19.2 Å². The molecule has 0 radical (unpaired) electrons. The Morgan fingerprint density at radius 2 is 1.38 bits per heavy atom. The average Bonchev–Trinajstić information content (AvgIpc) is 2.96. The first kappa shape index (κ1) is 36.2. The number of ketones is 1. The molecule has 0 saturated heterocycles. The van der Waals surface area contributed by atoms with Gasteiger partial charge in [-0.2, -0.15) is 0 Å². The first-order chi connectivity index (χ1) is 20.0. The van der Waals surface area contributed by atoms with E-state index in [1.165, 1.54) is 12.5 Å². The van der Waals surface area contributed by atoms with E-state index < -0.39 is 29.6 Å². The standard InChI is InChI=1S/C30H40N2O6.C4H8/c1-22(2)12-10-11-17-28(34)32-26(21-37-19-24-13-6-4-7-14-24)29(35)31-18-27(33)23(3)30(36)38-20-25-15-8-5-9-16-25;1-4(2)3/h4-9,13-16,22-23,26H,10-12,17-21H2,1-3H3,(H,31,35)(H,32,34);1H2,2-3H3. The van der Waals surface area contributed by atoms with Crippen molar-refractivity contribution in [1.29, 1.82) is 0 Å². The first-order valence-corrected chi connectivity index (χ1v) is 14.5. The molecule has 2 unspecified atom stereocenters. The molecule has 0 saturated carbocycles. The Kier molecular flexibility index (Phi) is 18.1. The van der Waals surface area contributed by atoms with Gasteiger partial charge in [-0.3, -0.25) is 19.2 Å². The van der Waals surface area contributed by atoms with E-state index in [2.05, 4.69) is 31.1 Å². The van der Waals surface area contributed by atoms with Crippen LogP contribution in [0.15, 0.2) is 72.8 Å². The summed E-state index contributed by atoms with van der Waals surface area (Å²) in [5.41, 5.74) is 2.91. The highest BCUT2D eigenvalue weighted by Crippen LogP contribution is 2.09. The number of esters is 1. The van der Waals surface area contributed by atoms with Crippen LogP contribution in [0.25, 0.3) is 0 Å². The Bertz CT molecular complexity index is 1100. The molecule has 0 bridgehead atoms. The molecule has 2 N–H and O–H groups in total. The zero-order valence-electron chi connectivity index (χ0n) is 25.8. The molecule has 0 spiro atoms. The third kappa shape index (κ3) is 17.1. The summed E-state index contributed by atoms with van der Waals surface area (Å²) >= 11 is 0. The number of allylic oxidation sites excluding steroid dienone is 1. The van der Waals surface area contributed by atoms with Crippen LogP contribution in [0.4, 0.5) is 0 Å².